The number of benzene rings is 2. The monoisotopic (exact) mass is 441 g/mol. The van der Waals surface area contributed by atoms with E-state index >= 15 is 0 Å². The first-order chi connectivity index (χ1) is 15.2. The van der Waals surface area contributed by atoms with Crippen LogP contribution >= 0.6 is 0 Å². The van der Waals surface area contributed by atoms with E-state index in [1.165, 1.54) is 36.3 Å². The van der Waals surface area contributed by atoms with Crippen LogP contribution < -0.4 is 4.74 Å². The van der Waals surface area contributed by atoms with Crippen molar-refractivity contribution in [1.29, 1.82) is 0 Å². The first-order valence-electron chi connectivity index (χ1n) is 10.5. The van der Waals surface area contributed by atoms with E-state index in [4.69, 9.17) is 9.47 Å². The van der Waals surface area contributed by atoms with Crippen LogP contribution in [-0.2, 0) is 14.3 Å². The Kier molecular flexibility index (Phi) is 7.30. The van der Waals surface area contributed by atoms with Gasteiger partial charge in [-0.3, -0.25) is 9.59 Å². The lowest BCUT2D eigenvalue weighted by atomic mass is 9.94. The molecule has 1 aliphatic rings. The number of aryl methyl sites for hydroxylation is 1. The Morgan fingerprint density at radius 1 is 1.16 bits per heavy atom. The number of nitrogens with zero attached hydrogens (tertiary/aromatic N) is 1. The van der Waals surface area contributed by atoms with E-state index in [1.54, 1.807) is 25.1 Å². The summed E-state index contributed by atoms with van der Waals surface area (Å²) >= 11 is 0. The molecule has 1 aliphatic heterocycles. The average Bonchev–Trinajstić information content (AvgIpc) is 3.01. The SMILES string of the molecule is COCCN1C(=O)C(=O)C(=C(O)c2ccc(OCC(C)C)cc2C)C1c1ccc(F)cc1. The molecular formula is C25H28FNO5. The fraction of sp³-hybridized carbons (Fsp3) is 0.360. The van der Waals surface area contributed by atoms with Gasteiger partial charge in [0.15, 0.2) is 0 Å². The molecule has 170 valence electrons. The second kappa shape index (κ2) is 9.96. The summed E-state index contributed by atoms with van der Waals surface area (Å²) in [6, 6.07) is 9.87. The van der Waals surface area contributed by atoms with Crippen molar-refractivity contribution in [1.82, 2.24) is 4.90 Å². The lowest BCUT2D eigenvalue weighted by molar-refractivity contribution is -0.140. The number of aliphatic hydroxyl groups excluding tert-OH is 1. The van der Waals surface area contributed by atoms with Gasteiger partial charge < -0.3 is 19.5 Å². The van der Waals surface area contributed by atoms with Crippen molar-refractivity contribution in [3.05, 3.63) is 70.5 Å². The van der Waals surface area contributed by atoms with Crippen LogP contribution in [0.15, 0.2) is 48.0 Å². The predicted molar refractivity (Wildman–Crippen MR) is 119 cm³/mol. The summed E-state index contributed by atoms with van der Waals surface area (Å²) in [5.41, 5.74) is 1.62. The Hall–Kier alpha value is -3.19. The molecule has 0 aromatic heterocycles. The van der Waals surface area contributed by atoms with Crippen molar-refractivity contribution >= 4 is 17.4 Å². The summed E-state index contributed by atoms with van der Waals surface area (Å²) in [5.74, 6) is -1.20. The number of Topliss-reactive ketones (excluding diaryl/α,β-unsaturated/α-hetero) is 1. The van der Waals surface area contributed by atoms with E-state index in [1.807, 2.05) is 13.8 Å². The minimum Gasteiger partial charge on any atom is -0.507 e. The molecule has 1 saturated heterocycles. The summed E-state index contributed by atoms with van der Waals surface area (Å²) in [6.07, 6.45) is 0. The summed E-state index contributed by atoms with van der Waals surface area (Å²) in [5, 5.41) is 11.2. The van der Waals surface area contributed by atoms with Gasteiger partial charge in [-0.05, 0) is 54.3 Å². The molecule has 1 fully saturated rings. The smallest absolute Gasteiger partial charge is 0.295 e. The van der Waals surface area contributed by atoms with Gasteiger partial charge in [0.05, 0.1) is 24.8 Å². The molecule has 0 spiro atoms. The number of carbonyl (C=O) groups excluding carboxylic acids is 2. The number of ketones is 1. The summed E-state index contributed by atoms with van der Waals surface area (Å²) in [4.78, 5) is 27.1. The first kappa shape index (κ1) is 23.5. The van der Waals surface area contributed by atoms with E-state index < -0.39 is 23.5 Å². The predicted octanol–water partition coefficient (Wildman–Crippen LogP) is 4.24. The van der Waals surface area contributed by atoms with E-state index in [-0.39, 0.29) is 24.5 Å². The van der Waals surface area contributed by atoms with Gasteiger partial charge in [0, 0.05) is 19.2 Å². The zero-order chi connectivity index (χ0) is 23.4. The highest BCUT2D eigenvalue weighted by molar-refractivity contribution is 6.46. The van der Waals surface area contributed by atoms with Crippen LogP contribution in [0.3, 0.4) is 0 Å². The van der Waals surface area contributed by atoms with Gasteiger partial charge in [0.1, 0.15) is 17.3 Å². The maximum Gasteiger partial charge on any atom is 0.295 e. The van der Waals surface area contributed by atoms with Gasteiger partial charge in [-0.15, -0.1) is 0 Å². The van der Waals surface area contributed by atoms with Gasteiger partial charge in [0.2, 0.25) is 0 Å². The van der Waals surface area contributed by atoms with E-state index in [0.717, 1.165) is 0 Å². The lowest BCUT2D eigenvalue weighted by Crippen LogP contribution is -2.32. The van der Waals surface area contributed by atoms with Crippen molar-refractivity contribution in [3.63, 3.8) is 0 Å². The number of halogens is 1. The number of hydrogen-bond acceptors (Lipinski definition) is 5. The molecule has 7 heteroatoms. The molecule has 32 heavy (non-hydrogen) atoms. The largest absolute Gasteiger partial charge is 0.507 e. The highest BCUT2D eigenvalue weighted by atomic mass is 19.1. The quantitative estimate of drug-likeness (QED) is 0.377. The molecule has 1 heterocycles. The lowest BCUT2D eigenvalue weighted by Gasteiger charge is -2.25. The Labute approximate surface area is 187 Å². The minimum atomic E-state index is -0.845. The van der Waals surface area contributed by atoms with Gasteiger partial charge in [-0.2, -0.15) is 0 Å². The highest BCUT2D eigenvalue weighted by Crippen LogP contribution is 2.40. The third kappa shape index (κ3) is 4.83. The molecule has 0 bridgehead atoms. The number of aliphatic hydroxyl groups is 1. The van der Waals surface area contributed by atoms with Crippen LogP contribution in [0.2, 0.25) is 0 Å². The fourth-order valence-corrected chi connectivity index (χ4v) is 3.69. The maximum absolute atomic E-state index is 13.5. The van der Waals surface area contributed by atoms with Crippen LogP contribution in [0.25, 0.3) is 5.76 Å². The molecule has 0 radical (unpaired) electrons. The number of ether oxygens (including phenoxy) is 2. The van der Waals surface area contributed by atoms with Crippen molar-refractivity contribution in [2.75, 3.05) is 26.9 Å². The zero-order valence-corrected chi connectivity index (χ0v) is 18.7. The van der Waals surface area contributed by atoms with E-state index in [0.29, 0.717) is 35.0 Å². The Morgan fingerprint density at radius 2 is 1.84 bits per heavy atom. The summed E-state index contributed by atoms with van der Waals surface area (Å²) < 4.78 is 24.3. The third-order valence-electron chi connectivity index (χ3n) is 5.30. The van der Waals surface area contributed by atoms with Gasteiger partial charge in [-0.25, -0.2) is 4.39 Å². The molecule has 2 aromatic carbocycles. The van der Waals surface area contributed by atoms with E-state index in [9.17, 15) is 19.1 Å². The second-order valence-corrected chi connectivity index (χ2v) is 8.22. The zero-order valence-electron chi connectivity index (χ0n) is 18.7. The summed E-state index contributed by atoms with van der Waals surface area (Å²) in [7, 11) is 1.50. The number of carbonyl (C=O) groups is 2. The van der Waals surface area contributed by atoms with Crippen LogP contribution in [0.5, 0.6) is 5.75 Å². The van der Waals surface area contributed by atoms with Crippen LogP contribution in [0.4, 0.5) is 4.39 Å². The molecule has 1 N–H and O–H groups in total. The molecule has 1 atom stereocenters. The van der Waals surface area contributed by atoms with Crippen LogP contribution in [0.1, 0.15) is 36.6 Å². The van der Waals surface area contributed by atoms with Gasteiger partial charge in [0.25, 0.3) is 11.7 Å². The summed E-state index contributed by atoms with van der Waals surface area (Å²) in [6.45, 7) is 6.81. The fourth-order valence-electron chi connectivity index (χ4n) is 3.69. The first-order valence-corrected chi connectivity index (χ1v) is 10.5. The molecule has 6 nitrogen and oxygen atoms in total. The third-order valence-corrected chi connectivity index (χ3v) is 5.30. The van der Waals surface area contributed by atoms with Crippen molar-refractivity contribution in [3.8, 4) is 5.75 Å². The van der Waals surface area contributed by atoms with Crippen molar-refractivity contribution < 1.29 is 28.6 Å². The molecule has 1 unspecified atom stereocenters. The van der Waals surface area contributed by atoms with Gasteiger partial charge in [-0.1, -0.05) is 26.0 Å². The van der Waals surface area contributed by atoms with Crippen molar-refractivity contribution in [2.45, 2.75) is 26.8 Å². The Balaban J connectivity index is 2.07. The number of likely N-dealkylation sites (tertiary alicyclic amines) is 1. The number of rotatable bonds is 8. The molecule has 0 saturated carbocycles. The molecule has 3 rings (SSSR count). The Bertz CT molecular complexity index is 1030. The normalized spacial score (nSPS) is 17.9. The molecule has 1 amide bonds. The Morgan fingerprint density at radius 3 is 2.44 bits per heavy atom. The maximum atomic E-state index is 13.5. The minimum absolute atomic E-state index is 0.0309. The number of hydrogen-bond donors (Lipinski definition) is 1. The molecule has 0 aliphatic carbocycles. The van der Waals surface area contributed by atoms with Crippen LogP contribution in [0, 0.1) is 18.7 Å². The highest BCUT2D eigenvalue weighted by Gasteiger charge is 2.46. The molecular weight excluding hydrogens is 413 g/mol. The number of methoxy groups -OCH3 is 1. The van der Waals surface area contributed by atoms with Crippen molar-refractivity contribution in [2.24, 2.45) is 5.92 Å². The molecule has 2 aromatic rings. The number of amides is 1. The van der Waals surface area contributed by atoms with E-state index in [2.05, 4.69) is 0 Å². The topological polar surface area (TPSA) is 76.1 Å². The second-order valence-electron chi connectivity index (χ2n) is 8.22. The average molecular weight is 441 g/mol. The van der Waals surface area contributed by atoms with Gasteiger partial charge >= 0.3 is 0 Å². The van der Waals surface area contributed by atoms with Crippen LogP contribution in [-0.4, -0.2) is 48.6 Å². The standard InChI is InChI=1S/C25H28FNO5/c1-15(2)14-32-19-9-10-20(16(3)13-19)23(28)21-22(17-5-7-18(26)8-6-17)27(11-12-31-4)25(30)24(21)29/h5-10,13,15,22,28H,11-12,14H2,1-4H3.